The van der Waals surface area contributed by atoms with Gasteiger partial charge in [-0.1, -0.05) is 74.7 Å². The number of carboxylic acids is 1. The molecule has 404 valence electrons. The first kappa shape index (κ1) is 55.2. The quantitative estimate of drug-likeness (QED) is 0.0210. The Morgan fingerprint density at radius 3 is 2.34 bits per heavy atom. The molecule has 2 aromatic heterocycles. The van der Waals surface area contributed by atoms with E-state index < -0.39 is 60.1 Å². The first-order valence-corrected chi connectivity index (χ1v) is 26.3. The average Bonchev–Trinajstić information content (AvgIpc) is 4.10. The molecule has 6 N–H and O–H groups in total. The minimum Gasteiger partial charge on any atom is -0.494 e. The lowest BCUT2D eigenvalue weighted by Crippen LogP contribution is -2.54. The molecular formula is C58H65FN8O10. The van der Waals surface area contributed by atoms with Gasteiger partial charge in [0, 0.05) is 54.9 Å². The van der Waals surface area contributed by atoms with Gasteiger partial charge in [0.2, 0.25) is 11.8 Å². The summed E-state index contributed by atoms with van der Waals surface area (Å²) in [6, 6.07) is 26.6. The number of halogens is 1. The number of carbonyl (C=O) groups excluding carboxylic acids is 5. The molecule has 1 unspecified atom stereocenters. The Bertz CT molecular complexity index is 3080. The van der Waals surface area contributed by atoms with Gasteiger partial charge in [-0.25, -0.2) is 4.39 Å². The second-order valence-electron chi connectivity index (χ2n) is 19.9. The number of aliphatic hydroxyl groups is 2. The van der Waals surface area contributed by atoms with Gasteiger partial charge in [0.25, 0.3) is 17.7 Å². The van der Waals surface area contributed by atoms with Crippen molar-refractivity contribution in [2.45, 2.75) is 128 Å². The van der Waals surface area contributed by atoms with E-state index in [1.165, 1.54) is 12.1 Å². The topological polar surface area (TPSA) is 247 Å². The number of rotatable bonds is 27. The molecule has 1 fully saturated rings. The van der Waals surface area contributed by atoms with E-state index in [0.717, 1.165) is 42.7 Å². The first-order valence-electron chi connectivity index (χ1n) is 26.3. The summed E-state index contributed by atoms with van der Waals surface area (Å²) in [5.41, 5.74) is 6.03. The second-order valence-corrected chi connectivity index (χ2v) is 19.9. The molecule has 0 radical (unpaired) electrons. The summed E-state index contributed by atoms with van der Waals surface area (Å²) in [6.45, 7) is 5.81. The average molecular weight is 1050 g/mol. The highest BCUT2D eigenvalue weighted by molar-refractivity contribution is 6.25. The van der Waals surface area contributed by atoms with Gasteiger partial charge in [-0.15, -0.1) is 5.10 Å². The third-order valence-electron chi connectivity index (χ3n) is 13.8. The molecule has 6 aromatic rings. The standard InChI is InChI=1S/C58H65FN8O10/c1-36(2)53-52(56(74)61-40-15-7-6-8-16-40)50(54(37-21-23-39(59)24-22-37)66(53)30-27-42(68)33-43(69)34-49(71)72)38-14-11-18-44(32-38)77-31-13-17-41-35-65(64-63-41)29-10-5-3-4-9-28-60-46-20-12-19-45-51(46)58(76)67(57(45)75)47-25-26-48(70)62-55(47)73/h6-8,11-12,14-16,18-24,32,35-36,42-43,47,60,68-69H,3-5,9-10,13,17,25-31,33-34H2,1-2H3,(H,61,74)(H,71,72)(H,62,70,73)/t42-,43-,47?/m1/s1. The van der Waals surface area contributed by atoms with Crippen LogP contribution >= 0.6 is 0 Å². The number of hydrogen-bond donors (Lipinski definition) is 6. The Hall–Kier alpha value is -8.03. The number of carbonyl (C=O) groups is 6. The molecule has 19 heteroatoms. The number of hydrogen-bond acceptors (Lipinski definition) is 12. The van der Waals surface area contributed by atoms with Gasteiger partial charge in [-0.2, -0.15) is 0 Å². The molecule has 8 rings (SSSR count). The van der Waals surface area contributed by atoms with Gasteiger partial charge >= 0.3 is 5.97 Å². The summed E-state index contributed by atoms with van der Waals surface area (Å²) >= 11 is 0. The predicted molar refractivity (Wildman–Crippen MR) is 286 cm³/mol. The fraction of sp³-hybridized carbons (Fsp3) is 0.379. The van der Waals surface area contributed by atoms with Crippen LogP contribution in [0, 0.1) is 5.82 Å². The lowest BCUT2D eigenvalue weighted by Gasteiger charge is -2.27. The van der Waals surface area contributed by atoms with E-state index in [2.05, 4.69) is 26.3 Å². The number of benzene rings is 4. The van der Waals surface area contributed by atoms with Crippen LogP contribution in [0.3, 0.4) is 0 Å². The van der Waals surface area contributed by atoms with Gasteiger partial charge in [0.05, 0.1) is 53.3 Å². The van der Waals surface area contributed by atoms with E-state index in [1.807, 2.05) is 71.8 Å². The Morgan fingerprint density at radius 2 is 1.58 bits per heavy atom. The molecule has 0 aliphatic carbocycles. The third kappa shape index (κ3) is 13.7. The van der Waals surface area contributed by atoms with Crippen molar-refractivity contribution in [2.24, 2.45) is 0 Å². The molecule has 5 amide bonds. The van der Waals surface area contributed by atoms with Crippen molar-refractivity contribution in [3.8, 4) is 28.1 Å². The number of aryl methyl sites for hydroxylation is 2. The van der Waals surface area contributed by atoms with Crippen LogP contribution in [0.15, 0.2) is 103 Å². The van der Waals surface area contributed by atoms with Crippen LogP contribution in [0.1, 0.15) is 133 Å². The van der Waals surface area contributed by atoms with E-state index in [-0.39, 0.29) is 55.2 Å². The van der Waals surface area contributed by atoms with Crippen LogP contribution in [0.5, 0.6) is 5.75 Å². The number of ether oxygens (including phenoxy) is 1. The highest BCUT2D eigenvalue weighted by atomic mass is 19.1. The summed E-state index contributed by atoms with van der Waals surface area (Å²) in [7, 11) is 0. The van der Waals surface area contributed by atoms with Gasteiger partial charge in [-0.3, -0.25) is 43.7 Å². The van der Waals surface area contributed by atoms with Crippen LogP contribution in [0.4, 0.5) is 15.8 Å². The summed E-state index contributed by atoms with van der Waals surface area (Å²) in [4.78, 5) is 77.6. The monoisotopic (exact) mass is 1050 g/mol. The van der Waals surface area contributed by atoms with Crippen LogP contribution in [0.2, 0.25) is 0 Å². The summed E-state index contributed by atoms with van der Waals surface area (Å²) < 4.78 is 24.6. The molecule has 18 nitrogen and oxygen atoms in total. The first-order chi connectivity index (χ1) is 37.2. The lowest BCUT2D eigenvalue weighted by atomic mass is 9.94. The number of amides is 5. The van der Waals surface area contributed by atoms with Crippen LogP contribution in [-0.2, 0) is 33.9 Å². The lowest BCUT2D eigenvalue weighted by molar-refractivity contribution is -0.140. The summed E-state index contributed by atoms with van der Waals surface area (Å²) in [5.74, 6) is -3.76. The number of para-hydroxylation sites is 1. The van der Waals surface area contributed by atoms with E-state index in [4.69, 9.17) is 4.74 Å². The smallest absolute Gasteiger partial charge is 0.305 e. The van der Waals surface area contributed by atoms with E-state index >= 15 is 0 Å². The van der Waals surface area contributed by atoms with Gasteiger partial charge in [0.15, 0.2) is 0 Å². The van der Waals surface area contributed by atoms with E-state index in [0.29, 0.717) is 83.3 Å². The van der Waals surface area contributed by atoms with Crippen molar-refractivity contribution in [3.05, 3.63) is 137 Å². The molecule has 0 bridgehead atoms. The van der Waals surface area contributed by atoms with Gasteiger partial charge in [-0.05, 0) is 123 Å². The largest absolute Gasteiger partial charge is 0.494 e. The predicted octanol–water partition coefficient (Wildman–Crippen LogP) is 8.38. The van der Waals surface area contributed by atoms with Crippen molar-refractivity contribution in [1.82, 2.24) is 29.8 Å². The molecule has 0 saturated carbocycles. The number of aromatic nitrogens is 4. The minimum absolute atomic E-state index is 0.0600. The van der Waals surface area contributed by atoms with Crippen LogP contribution in [-0.4, -0.2) is 107 Å². The Balaban J connectivity index is 0.860. The molecule has 4 heterocycles. The van der Waals surface area contributed by atoms with Crippen molar-refractivity contribution < 1.29 is 53.2 Å². The fourth-order valence-corrected chi connectivity index (χ4v) is 10.2. The minimum atomic E-state index is -1.25. The SMILES string of the molecule is CC(C)c1c(C(=O)Nc2ccccc2)c(-c2cccc(OCCCc3cn(CCCCCCCNc4cccc5c4C(=O)N(C4CCC(=O)NC4=O)C5=O)nn3)c2)c(-c2ccc(F)cc2)n1CC[C@@H](O)C[C@@H](O)CC(=O)O. The highest BCUT2D eigenvalue weighted by Gasteiger charge is 2.45. The number of aliphatic carboxylic acids is 1. The summed E-state index contributed by atoms with van der Waals surface area (Å²) in [5, 5.41) is 47.9. The number of unbranched alkanes of at least 4 members (excludes halogenated alkanes) is 4. The Morgan fingerprint density at radius 1 is 0.831 bits per heavy atom. The number of nitrogens with one attached hydrogen (secondary N) is 3. The normalized spacial score (nSPS) is 15.1. The van der Waals surface area contributed by atoms with Crippen LogP contribution < -0.4 is 20.7 Å². The molecule has 2 aliphatic rings. The molecular weight excluding hydrogens is 988 g/mol. The molecule has 77 heavy (non-hydrogen) atoms. The Labute approximate surface area is 445 Å². The molecule has 3 atom stereocenters. The molecule has 1 saturated heterocycles. The second kappa shape index (κ2) is 25.7. The van der Waals surface area contributed by atoms with Crippen molar-refractivity contribution >= 4 is 46.9 Å². The van der Waals surface area contributed by atoms with Gasteiger partial charge in [0.1, 0.15) is 17.6 Å². The van der Waals surface area contributed by atoms with E-state index in [1.54, 1.807) is 42.5 Å². The zero-order valence-corrected chi connectivity index (χ0v) is 43.3. The maximum absolute atomic E-state index is 14.7. The zero-order chi connectivity index (χ0) is 54.6. The van der Waals surface area contributed by atoms with Crippen molar-refractivity contribution in [2.75, 3.05) is 23.8 Å². The summed E-state index contributed by atoms with van der Waals surface area (Å²) in [6.07, 6.45) is 5.23. The number of piperidine rings is 1. The number of fused-ring (bicyclic) bond motifs is 1. The Kier molecular flexibility index (Phi) is 18.4. The van der Waals surface area contributed by atoms with E-state index in [9.17, 15) is 48.5 Å². The number of carboxylic acid groups (broad SMARTS) is 1. The maximum atomic E-state index is 14.7. The number of anilines is 2. The highest BCUT2D eigenvalue weighted by Crippen LogP contribution is 2.44. The fourth-order valence-electron chi connectivity index (χ4n) is 10.2. The number of nitrogens with zero attached hydrogens (tertiary/aromatic N) is 5. The number of aliphatic hydroxyl groups excluding tert-OH is 2. The van der Waals surface area contributed by atoms with Crippen LogP contribution in [0.25, 0.3) is 22.4 Å². The maximum Gasteiger partial charge on any atom is 0.305 e. The molecule has 4 aromatic carbocycles. The van der Waals surface area contributed by atoms with Crippen molar-refractivity contribution in [1.29, 1.82) is 0 Å². The number of imide groups is 2. The molecule has 0 spiro atoms. The third-order valence-corrected chi connectivity index (χ3v) is 13.8. The zero-order valence-electron chi connectivity index (χ0n) is 43.3. The molecule has 2 aliphatic heterocycles. The van der Waals surface area contributed by atoms with Gasteiger partial charge < -0.3 is 35.3 Å². The van der Waals surface area contributed by atoms with Crippen molar-refractivity contribution in [3.63, 3.8) is 0 Å².